The average molecular weight is 439 g/mol. The maximum atomic E-state index is 12.6. The number of aromatic nitrogens is 2. The number of halogens is 3. The van der Waals surface area contributed by atoms with Crippen molar-refractivity contribution in [3.8, 4) is 11.6 Å². The summed E-state index contributed by atoms with van der Waals surface area (Å²) in [4.78, 5) is 20.0. The number of alkyl halides is 3. The van der Waals surface area contributed by atoms with E-state index in [0.717, 1.165) is 18.4 Å². The second-order valence-corrected chi connectivity index (χ2v) is 8.68. The Kier molecular flexibility index (Phi) is 5.92. The van der Waals surface area contributed by atoms with Gasteiger partial charge in [-0.15, -0.1) is 0 Å². The zero-order valence-electron chi connectivity index (χ0n) is 15.6. The molecule has 1 amide bonds. The summed E-state index contributed by atoms with van der Waals surface area (Å²) < 4.78 is 65.5. The summed E-state index contributed by atoms with van der Waals surface area (Å²) in [6, 6.07) is 9.82. The van der Waals surface area contributed by atoms with E-state index in [1.165, 1.54) is 6.07 Å². The number of nitrogens with zero attached hydrogens (tertiary/aromatic N) is 2. The van der Waals surface area contributed by atoms with Crippen molar-refractivity contribution in [1.82, 2.24) is 15.3 Å². The van der Waals surface area contributed by atoms with E-state index in [-0.39, 0.29) is 23.9 Å². The molecule has 0 saturated heterocycles. The summed E-state index contributed by atoms with van der Waals surface area (Å²) in [6.07, 6.45) is -2.71. The van der Waals surface area contributed by atoms with Crippen molar-refractivity contribution in [3.63, 3.8) is 0 Å². The van der Waals surface area contributed by atoms with Crippen LogP contribution in [-0.4, -0.2) is 42.8 Å². The summed E-state index contributed by atoms with van der Waals surface area (Å²) in [6.45, 7) is -0.0235. The third kappa shape index (κ3) is 5.66. The zero-order chi connectivity index (χ0) is 21.9. The highest BCUT2D eigenvalue weighted by Crippen LogP contribution is 2.30. The van der Waals surface area contributed by atoms with Crippen molar-refractivity contribution in [2.45, 2.75) is 6.18 Å². The van der Waals surface area contributed by atoms with E-state index >= 15 is 0 Å². The number of carbonyl (C=O) groups excluding carboxylic acids is 1. The second-order valence-electron chi connectivity index (χ2n) is 6.42. The van der Waals surface area contributed by atoms with Gasteiger partial charge < -0.3 is 10.1 Å². The number of nitrogens with one attached hydrogen (secondary N) is 1. The number of pyridine rings is 2. The molecule has 3 aromatic rings. The van der Waals surface area contributed by atoms with Crippen LogP contribution in [0.3, 0.4) is 0 Å². The molecule has 0 aliphatic rings. The summed E-state index contributed by atoms with van der Waals surface area (Å²) in [5.74, 6) is -0.348. The normalized spacial score (nSPS) is 12.0. The number of fused-ring (bicyclic) bond motifs is 1. The van der Waals surface area contributed by atoms with E-state index in [4.69, 9.17) is 4.74 Å². The number of rotatable bonds is 6. The van der Waals surface area contributed by atoms with Gasteiger partial charge in [0.2, 0.25) is 5.88 Å². The smallest absolute Gasteiger partial charge is 0.417 e. The maximum Gasteiger partial charge on any atom is 0.417 e. The molecule has 11 heteroatoms. The van der Waals surface area contributed by atoms with Crippen LogP contribution in [0.15, 0.2) is 48.7 Å². The molecule has 0 fully saturated rings. The summed E-state index contributed by atoms with van der Waals surface area (Å²) in [7, 11) is -3.19. The molecule has 0 bridgehead atoms. The van der Waals surface area contributed by atoms with Gasteiger partial charge in [-0.1, -0.05) is 6.07 Å². The van der Waals surface area contributed by atoms with Gasteiger partial charge in [-0.25, -0.2) is 18.4 Å². The van der Waals surface area contributed by atoms with Crippen LogP contribution in [0.2, 0.25) is 0 Å². The molecule has 0 aliphatic carbocycles. The third-order valence-electron chi connectivity index (χ3n) is 3.94. The number of hydrogen-bond donors (Lipinski definition) is 1. The Morgan fingerprint density at radius 1 is 1.13 bits per heavy atom. The number of ether oxygens (including phenoxy) is 1. The van der Waals surface area contributed by atoms with Crippen LogP contribution in [0.1, 0.15) is 16.1 Å². The van der Waals surface area contributed by atoms with Crippen LogP contribution in [0.4, 0.5) is 13.2 Å². The molecule has 1 aromatic carbocycles. The monoisotopic (exact) mass is 439 g/mol. The van der Waals surface area contributed by atoms with Crippen LogP contribution in [0.25, 0.3) is 10.9 Å². The molecule has 7 nitrogen and oxygen atoms in total. The maximum absolute atomic E-state index is 12.6. The largest absolute Gasteiger partial charge is 0.439 e. The Hall–Kier alpha value is -3.21. The van der Waals surface area contributed by atoms with Gasteiger partial charge in [0.15, 0.2) is 0 Å². The molecule has 30 heavy (non-hydrogen) atoms. The van der Waals surface area contributed by atoms with Gasteiger partial charge in [-0.05, 0) is 30.3 Å². The second kappa shape index (κ2) is 8.27. The number of amides is 1. The predicted molar refractivity (Wildman–Crippen MR) is 103 cm³/mol. The molecule has 2 aromatic heterocycles. The van der Waals surface area contributed by atoms with Gasteiger partial charge in [0.25, 0.3) is 5.91 Å². The van der Waals surface area contributed by atoms with E-state index in [0.29, 0.717) is 22.8 Å². The quantitative estimate of drug-likeness (QED) is 0.633. The molecule has 1 N–H and O–H groups in total. The van der Waals surface area contributed by atoms with Gasteiger partial charge in [0.1, 0.15) is 21.3 Å². The Morgan fingerprint density at radius 2 is 1.90 bits per heavy atom. The molecule has 0 aliphatic heterocycles. The number of hydrogen-bond acceptors (Lipinski definition) is 6. The summed E-state index contributed by atoms with van der Waals surface area (Å²) >= 11 is 0. The molecule has 0 atom stereocenters. The Labute approximate surface area is 169 Å². The van der Waals surface area contributed by atoms with Gasteiger partial charge in [0, 0.05) is 30.4 Å². The first kappa shape index (κ1) is 21.5. The highest BCUT2D eigenvalue weighted by atomic mass is 32.2. The fourth-order valence-corrected chi connectivity index (χ4v) is 2.94. The lowest BCUT2D eigenvalue weighted by atomic mass is 10.2. The van der Waals surface area contributed by atoms with Crippen molar-refractivity contribution in [2.75, 3.05) is 18.6 Å². The van der Waals surface area contributed by atoms with Crippen LogP contribution >= 0.6 is 0 Å². The predicted octanol–water partition coefficient (Wildman–Crippen LogP) is 3.22. The molecule has 3 rings (SSSR count). The molecular formula is C19H16F3N3O4S. The van der Waals surface area contributed by atoms with E-state index < -0.39 is 27.5 Å². The Balaban J connectivity index is 1.71. The van der Waals surface area contributed by atoms with Gasteiger partial charge in [-0.3, -0.25) is 4.79 Å². The van der Waals surface area contributed by atoms with E-state index in [1.54, 1.807) is 24.3 Å². The fraction of sp³-hybridized carbons (Fsp3) is 0.211. The molecule has 0 spiro atoms. The minimum absolute atomic E-state index is 0.00261. The molecule has 0 radical (unpaired) electrons. The van der Waals surface area contributed by atoms with Gasteiger partial charge >= 0.3 is 6.18 Å². The number of sulfone groups is 1. The Morgan fingerprint density at radius 3 is 2.53 bits per heavy atom. The van der Waals surface area contributed by atoms with Crippen molar-refractivity contribution in [3.05, 3.63) is 59.9 Å². The SMILES string of the molecule is CS(=O)(=O)CCNC(=O)c1ccc2cc(Oc3ccc(C(F)(F)F)cn3)ccc2n1. The molecule has 2 heterocycles. The average Bonchev–Trinajstić information content (AvgIpc) is 2.66. The lowest BCUT2D eigenvalue weighted by molar-refractivity contribution is -0.137. The standard InChI is InChI=1S/C19H16F3N3O4S/c1-30(27,28)9-8-23-18(26)16-5-2-12-10-14(4-6-15(12)25-16)29-17-7-3-13(11-24-17)19(20,21)22/h2-7,10-11H,8-9H2,1H3,(H,23,26). The van der Waals surface area contributed by atoms with E-state index in [2.05, 4.69) is 15.3 Å². The van der Waals surface area contributed by atoms with Gasteiger partial charge in [-0.2, -0.15) is 13.2 Å². The summed E-state index contributed by atoms with van der Waals surface area (Å²) in [5, 5.41) is 3.12. The fourth-order valence-electron chi connectivity index (χ4n) is 2.46. The first-order valence-electron chi connectivity index (χ1n) is 8.59. The number of carbonyl (C=O) groups is 1. The molecule has 158 valence electrons. The zero-order valence-corrected chi connectivity index (χ0v) is 16.4. The van der Waals surface area contributed by atoms with Crippen molar-refractivity contribution < 1.29 is 31.1 Å². The minimum Gasteiger partial charge on any atom is -0.439 e. The minimum atomic E-state index is -4.48. The van der Waals surface area contributed by atoms with Crippen molar-refractivity contribution >= 4 is 26.6 Å². The van der Waals surface area contributed by atoms with Gasteiger partial charge in [0.05, 0.1) is 16.8 Å². The third-order valence-corrected chi connectivity index (χ3v) is 4.88. The van der Waals surface area contributed by atoms with Crippen LogP contribution in [0.5, 0.6) is 11.6 Å². The highest BCUT2D eigenvalue weighted by Gasteiger charge is 2.30. The topological polar surface area (TPSA) is 98.2 Å². The lowest BCUT2D eigenvalue weighted by Gasteiger charge is -2.09. The van der Waals surface area contributed by atoms with Crippen molar-refractivity contribution in [2.24, 2.45) is 0 Å². The van der Waals surface area contributed by atoms with E-state index in [1.807, 2.05) is 0 Å². The molecule has 0 saturated carbocycles. The summed E-state index contributed by atoms with van der Waals surface area (Å²) in [5.41, 5.74) is -0.271. The Bertz CT molecular complexity index is 1180. The highest BCUT2D eigenvalue weighted by molar-refractivity contribution is 7.90. The van der Waals surface area contributed by atoms with Crippen LogP contribution in [0, 0.1) is 0 Å². The first-order chi connectivity index (χ1) is 14.0. The van der Waals surface area contributed by atoms with Crippen LogP contribution in [-0.2, 0) is 16.0 Å². The molecular weight excluding hydrogens is 423 g/mol. The van der Waals surface area contributed by atoms with Crippen molar-refractivity contribution in [1.29, 1.82) is 0 Å². The first-order valence-corrected chi connectivity index (χ1v) is 10.7. The van der Waals surface area contributed by atoms with Crippen LogP contribution < -0.4 is 10.1 Å². The van der Waals surface area contributed by atoms with E-state index in [9.17, 15) is 26.4 Å². The molecule has 0 unspecified atom stereocenters. The lowest BCUT2D eigenvalue weighted by Crippen LogP contribution is -2.29. The number of benzene rings is 1.